The third-order valence-corrected chi connectivity index (χ3v) is 5.91. The molecule has 0 radical (unpaired) electrons. The zero-order chi connectivity index (χ0) is 15.2. The van der Waals surface area contributed by atoms with Gasteiger partial charge in [-0.3, -0.25) is 0 Å². The van der Waals surface area contributed by atoms with Gasteiger partial charge in [0.1, 0.15) is 0 Å². The van der Waals surface area contributed by atoms with Crippen LogP contribution in [-0.4, -0.2) is 40.9 Å². The summed E-state index contributed by atoms with van der Waals surface area (Å²) in [6.45, 7) is 14.3. The van der Waals surface area contributed by atoms with Gasteiger partial charge in [-0.25, -0.2) is 0 Å². The first-order valence-corrected chi connectivity index (χ1v) is 11.6. The maximum Gasteiger partial charge on any atom is 0.0145 e. The predicted octanol–water partition coefficient (Wildman–Crippen LogP) is 4.87. The SMILES string of the molecule is CCCCN(CCCSI)C1CC(C)(C)NC(C)(C)C1. The van der Waals surface area contributed by atoms with Crippen molar-refractivity contribution in [2.45, 2.75) is 83.8 Å². The third kappa shape index (κ3) is 6.84. The number of nitrogens with one attached hydrogen (secondary N) is 1. The van der Waals surface area contributed by atoms with Crippen LogP contribution in [0, 0.1) is 0 Å². The van der Waals surface area contributed by atoms with E-state index in [9.17, 15) is 0 Å². The average molecular weight is 412 g/mol. The monoisotopic (exact) mass is 412 g/mol. The normalized spacial score (nSPS) is 22.4. The summed E-state index contributed by atoms with van der Waals surface area (Å²) in [6, 6.07) is 0.743. The lowest BCUT2D eigenvalue weighted by atomic mass is 9.79. The molecule has 20 heavy (non-hydrogen) atoms. The Morgan fingerprint density at radius 1 is 1.10 bits per heavy atom. The van der Waals surface area contributed by atoms with E-state index in [1.807, 2.05) is 8.93 Å². The first kappa shape index (κ1) is 19.0. The molecule has 0 aromatic rings. The number of nitrogens with zero attached hydrogens (tertiary/aromatic N) is 1. The van der Waals surface area contributed by atoms with Gasteiger partial charge >= 0.3 is 0 Å². The summed E-state index contributed by atoms with van der Waals surface area (Å²) in [7, 11) is 1.94. The lowest BCUT2D eigenvalue weighted by Crippen LogP contribution is -2.62. The number of halogens is 1. The zero-order valence-electron chi connectivity index (χ0n) is 14.0. The molecule has 1 aliphatic heterocycles. The highest BCUT2D eigenvalue weighted by molar-refractivity contribution is 14.2. The molecule has 0 atom stereocenters. The summed E-state index contributed by atoms with van der Waals surface area (Å²) in [5.74, 6) is 1.28. The number of hydrogen-bond donors (Lipinski definition) is 1. The van der Waals surface area contributed by atoms with Gasteiger partial charge in [0.15, 0.2) is 0 Å². The van der Waals surface area contributed by atoms with Gasteiger partial charge in [0.05, 0.1) is 0 Å². The van der Waals surface area contributed by atoms with Crippen molar-refractivity contribution in [2.24, 2.45) is 0 Å². The van der Waals surface area contributed by atoms with Crippen molar-refractivity contribution < 1.29 is 0 Å². The molecule has 1 heterocycles. The average Bonchev–Trinajstić information content (AvgIpc) is 2.29. The van der Waals surface area contributed by atoms with E-state index in [1.54, 1.807) is 0 Å². The van der Waals surface area contributed by atoms with Crippen LogP contribution in [0.3, 0.4) is 0 Å². The molecule has 0 saturated carbocycles. The second-order valence-corrected chi connectivity index (χ2v) is 10.0. The molecule has 1 saturated heterocycles. The summed E-state index contributed by atoms with van der Waals surface area (Å²) >= 11 is 2.42. The number of hydrogen-bond acceptors (Lipinski definition) is 3. The Balaban J connectivity index is 2.66. The van der Waals surface area contributed by atoms with Gasteiger partial charge in [-0.05, 0) is 87.7 Å². The minimum atomic E-state index is 0.259. The third-order valence-electron chi connectivity index (χ3n) is 4.15. The molecule has 120 valence electrons. The van der Waals surface area contributed by atoms with Crippen LogP contribution in [0.1, 0.15) is 66.7 Å². The molecule has 4 heteroatoms. The molecule has 0 aromatic carbocycles. The molecule has 0 aliphatic carbocycles. The summed E-state index contributed by atoms with van der Waals surface area (Å²) in [6.07, 6.45) is 6.51. The van der Waals surface area contributed by atoms with Gasteiger partial charge < -0.3 is 10.2 Å². The van der Waals surface area contributed by atoms with E-state index in [4.69, 9.17) is 0 Å². The molecule has 1 aliphatic rings. The summed E-state index contributed by atoms with van der Waals surface area (Å²) in [4.78, 5) is 2.78. The molecule has 0 spiro atoms. The first-order valence-electron chi connectivity index (χ1n) is 8.06. The Hall–Kier alpha value is 1.00. The fourth-order valence-electron chi connectivity index (χ4n) is 3.69. The molecular formula is C16H33IN2S. The van der Waals surface area contributed by atoms with Gasteiger partial charge in [0, 0.05) is 22.9 Å². The second kappa shape index (κ2) is 8.59. The summed E-state index contributed by atoms with van der Waals surface area (Å²) in [5.41, 5.74) is 0.518. The van der Waals surface area contributed by atoms with Crippen LogP contribution in [0.2, 0.25) is 0 Å². The smallest absolute Gasteiger partial charge is 0.0145 e. The molecule has 0 bridgehead atoms. The highest BCUT2D eigenvalue weighted by atomic mass is 127. The fraction of sp³-hybridized carbons (Fsp3) is 1.00. The fourth-order valence-corrected chi connectivity index (χ4v) is 4.86. The van der Waals surface area contributed by atoms with Gasteiger partial charge in [-0.15, -0.1) is 0 Å². The minimum absolute atomic E-state index is 0.259. The van der Waals surface area contributed by atoms with Crippen molar-refractivity contribution in [1.82, 2.24) is 10.2 Å². The zero-order valence-corrected chi connectivity index (χ0v) is 16.9. The lowest BCUT2D eigenvalue weighted by Gasteiger charge is -2.50. The summed E-state index contributed by atoms with van der Waals surface area (Å²) in [5, 5.41) is 3.81. The van der Waals surface area contributed by atoms with Crippen LogP contribution < -0.4 is 5.32 Å². The van der Waals surface area contributed by atoms with Gasteiger partial charge in [0.25, 0.3) is 0 Å². The Morgan fingerprint density at radius 2 is 1.65 bits per heavy atom. The molecule has 2 nitrogen and oxygen atoms in total. The van der Waals surface area contributed by atoms with Gasteiger partial charge in [0.2, 0.25) is 0 Å². The number of unbranched alkanes of at least 4 members (excludes halogenated alkanes) is 1. The Labute approximate surface area is 142 Å². The van der Waals surface area contributed by atoms with Crippen LogP contribution in [-0.2, 0) is 0 Å². The Bertz CT molecular complexity index is 266. The van der Waals surface area contributed by atoms with Crippen molar-refractivity contribution in [3.8, 4) is 0 Å². The van der Waals surface area contributed by atoms with E-state index in [1.165, 1.54) is 50.9 Å². The maximum atomic E-state index is 3.81. The van der Waals surface area contributed by atoms with E-state index in [-0.39, 0.29) is 11.1 Å². The van der Waals surface area contributed by atoms with Crippen LogP contribution in [0.15, 0.2) is 0 Å². The van der Waals surface area contributed by atoms with Crippen molar-refractivity contribution in [1.29, 1.82) is 0 Å². The molecular weight excluding hydrogens is 379 g/mol. The molecule has 0 unspecified atom stereocenters. The van der Waals surface area contributed by atoms with Crippen molar-refractivity contribution in [3.63, 3.8) is 0 Å². The lowest BCUT2D eigenvalue weighted by molar-refractivity contribution is 0.0653. The van der Waals surface area contributed by atoms with E-state index in [0.717, 1.165) is 6.04 Å². The van der Waals surface area contributed by atoms with E-state index in [0.29, 0.717) is 0 Å². The van der Waals surface area contributed by atoms with Gasteiger partial charge in [-0.2, -0.15) is 0 Å². The molecule has 0 amide bonds. The van der Waals surface area contributed by atoms with Crippen LogP contribution in [0.5, 0.6) is 0 Å². The molecule has 1 rings (SSSR count). The van der Waals surface area contributed by atoms with E-state index < -0.39 is 0 Å². The van der Waals surface area contributed by atoms with Gasteiger partial charge in [-0.1, -0.05) is 22.3 Å². The second-order valence-electron chi connectivity index (χ2n) is 7.51. The Morgan fingerprint density at radius 3 is 2.15 bits per heavy atom. The number of rotatable bonds is 8. The van der Waals surface area contributed by atoms with Crippen LogP contribution in [0.25, 0.3) is 0 Å². The topological polar surface area (TPSA) is 15.3 Å². The molecule has 1 N–H and O–H groups in total. The highest BCUT2D eigenvalue weighted by Crippen LogP contribution is 2.32. The van der Waals surface area contributed by atoms with Crippen LogP contribution >= 0.6 is 30.1 Å². The van der Waals surface area contributed by atoms with E-state index >= 15 is 0 Å². The van der Waals surface area contributed by atoms with Crippen molar-refractivity contribution in [2.75, 3.05) is 18.8 Å². The minimum Gasteiger partial charge on any atom is -0.307 e. The maximum absolute atomic E-state index is 3.81. The predicted molar refractivity (Wildman–Crippen MR) is 102 cm³/mol. The standard InChI is InChI=1S/C16H33IN2S/c1-6-7-9-19(10-8-11-20-17)14-12-15(2,3)18-16(4,5)13-14/h14,18H,6-13H2,1-5H3. The number of piperidine rings is 1. The van der Waals surface area contributed by atoms with Crippen molar-refractivity contribution >= 4 is 30.1 Å². The summed E-state index contributed by atoms with van der Waals surface area (Å²) < 4.78 is 0. The highest BCUT2D eigenvalue weighted by Gasteiger charge is 2.39. The van der Waals surface area contributed by atoms with Crippen molar-refractivity contribution in [3.05, 3.63) is 0 Å². The van der Waals surface area contributed by atoms with Crippen LogP contribution in [0.4, 0.5) is 0 Å². The Kier molecular flexibility index (Phi) is 8.18. The first-order chi connectivity index (χ1) is 9.29. The largest absolute Gasteiger partial charge is 0.307 e. The quantitative estimate of drug-likeness (QED) is 0.452. The molecule has 0 aromatic heterocycles. The molecule has 1 fully saturated rings. The van der Waals surface area contributed by atoms with E-state index in [2.05, 4.69) is 66.0 Å².